The minimum atomic E-state index is -0.206. The maximum absolute atomic E-state index is 13.6. The van der Waals surface area contributed by atoms with Gasteiger partial charge in [0.1, 0.15) is 0 Å². The zero-order valence-corrected chi connectivity index (χ0v) is 18.7. The lowest BCUT2D eigenvalue weighted by Crippen LogP contribution is -2.85. The van der Waals surface area contributed by atoms with Gasteiger partial charge in [0, 0.05) is 36.5 Å². The molecule has 1 spiro atoms. The summed E-state index contributed by atoms with van der Waals surface area (Å²) in [6, 6.07) is 18.3. The minimum Gasteiger partial charge on any atom is -0.394 e. The fourth-order valence-electron chi connectivity index (χ4n) is 6.30. The molecule has 164 valence electrons. The highest BCUT2D eigenvalue weighted by Gasteiger charge is 2.67. The Morgan fingerprint density at radius 2 is 1.77 bits per heavy atom. The van der Waals surface area contributed by atoms with E-state index in [4.69, 9.17) is 11.6 Å². The summed E-state index contributed by atoms with van der Waals surface area (Å²) in [6.45, 7) is 2.54. The summed E-state index contributed by atoms with van der Waals surface area (Å²) < 4.78 is 0. The van der Waals surface area contributed by atoms with E-state index >= 15 is 0 Å². The third kappa shape index (κ3) is 3.69. The number of nitrogens with zero attached hydrogens (tertiary/aromatic N) is 2. The Bertz CT molecular complexity index is 922. The van der Waals surface area contributed by atoms with E-state index in [-0.39, 0.29) is 35.9 Å². The Hall–Kier alpha value is -1.88. The van der Waals surface area contributed by atoms with Crippen LogP contribution in [0.1, 0.15) is 49.1 Å². The van der Waals surface area contributed by atoms with Crippen molar-refractivity contribution in [3.8, 4) is 0 Å². The molecule has 2 atom stereocenters. The van der Waals surface area contributed by atoms with E-state index in [0.717, 1.165) is 50.3 Å². The Morgan fingerprint density at radius 3 is 2.45 bits per heavy atom. The highest BCUT2D eigenvalue weighted by Crippen LogP contribution is 2.55. The second-order valence-electron chi connectivity index (χ2n) is 9.56. The van der Waals surface area contributed by atoms with Crippen LogP contribution >= 0.6 is 11.6 Å². The second kappa shape index (κ2) is 8.57. The number of carbonyl (C=O) groups excluding carboxylic acids is 1. The summed E-state index contributed by atoms with van der Waals surface area (Å²) in [6.07, 6.45) is 5.50. The SMILES string of the molecule is O=C(C1CCCCC1)N1[C@H](CO)[C@@H](c2ccccc2)C12CN(Cc1cccc(Cl)c1)C2. The number of hydrogen-bond donors (Lipinski definition) is 1. The number of halogens is 1. The lowest BCUT2D eigenvalue weighted by atomic mass is 9.60. The minimum absolute atomic E-state index is 0.0219. The lowest BCUT2D eigenvalue weighted by molar-refractivity contribution is -0.205. The number of amides is 1. The van der Waals surface area contributed by atoms with E-state index in [1.54, 1.807) is 0 Å². The molecule has 3 fully saturated rings. The third-order valence-corrected chi connectivity index (χ3v) is 7.84. The molecule has 2 aromatic rings. The maximum atomic E-state index is 13.6. The smallest absolute Gasteiger partial charge is 0.226 e. The number of aliphatic hydroxyl groups excluding tert-OH is 1. The molecule has 2 aromatic carbocycles. The fourth-order valence-corrected chi connectivity index (χ4v) is 6.51. The molecule has 31 heavy (non-hydrogen) atoms. The van der Waals surface area contributed by atoms with Crippen LogP contribution in [0.15, 0.2) is 54.6 Å². The van der Waals surface area contributed by atoms with E-state index in [0.29, 0.717) is 0 Å². The number of hydrogen-bond acceptors (Lipinski definition) is 3. The zero-order chi connectivity index (χ0) is 21.4. The molecular weight excluding hydrogens is 408 g/mol. The summed E-state index contributed by atoms with van der Waals surface area (Å²) in [5.74, 6) is 0.577. The summed E-state index contributed by atoms with van der Waals surface area (Å²) >= 11 is 6.18. The molecule has 0 radical (unpaired) electrons. The van der Waals surface area contributed by atoms with E-state index in [9.17, 15) is 9.90 Å². The van der Waals surface area contributed by atoms with Crippen molar-refractivity contribution in [2.24, 2.45) is 5.92 Å². The Balaban J connectivity index is 1.40. The Morgan fingerprint density at radius 1 is 1.03 bits per heavy atom. The monoisotopic (exact) mass is 438 g/mol. The number of benzene rings is 2. The summed E-state index contributed by atoms with van der Waals surface area (Å²) in [5, 5.41) is 11.1. The first kappa shape index (κ1) is 21.0. The first-order chi connectivity index (χ1) is 15.1. The van der Waals surface area contributed by atoms with Crippen LogP contribution in [-0.4, -0.2) is 52.1 Å². The highest BCUT2D eigenvalue weighted by atomic mass is 35.5. The van der Waals surface area contributed by atoms with Crippen molar-refractivity contribution in [2.75, 3.05) is 19.7 Å². The molecule has 1 saturated carbocycles. The van der Waals surface area contributed by atoms with Crippen LogP contribution < -0.4 is 0 Å². The highest BCUT2D eigenvalue weighted by molar-refractivity contribution is 6.30. The first-order valence-corrected chi connectivity index (χ1v) is 12.0. The van der Waals surface area contributed by atoms with E-state index in [1.807, 2.05) is 24.3 Å². The molecule has 2 aliphatic heterocycles. The number of likely N-dealkylation sites (tertiary alicyclic amines) is 2. The van der Waals surface area contributed by atoms with Gasteiger partial charge in [-0.25, -0.2) is 0 Å². The molecule has 1 amide bonds. The number of rotatable bonds is 5. The molecule has 0 bridgehead atoms. The van der Waals surface area contributed by atoms with Crippen molar-refractivity contribution in [1.29, 1.82) is 0 Å². The first-order valence-electron chi connectivity index (χ1n) is 11.6. The summed E-state index contributed by atoms with van der Waals surface area (Å²) in [7, 11) is 0. The number of carbonyl (C=O) groups is 1. The lowest BCUT2D eigenvalue weighted by Gasteiger charge is -2.71. The Labute approximate surface area is 189 Å². The Kier molecular flexibility index (Phi) is 5.80. The van der Waals surface area contributed by atoms with Crippen LogP contribution in [0, 0.1) is 5.92 Å². The average Bonchev–Trinajstić information content (AvgIpc) is 2.76. The van der Waals surface area contributed by atoms with Gasteiger partial charge in [-0.05, 0) is 36.1 Å². The van der Waals surface area contributed by atoms with Crippen molar-refractivity contribution < 1.29 is 9.90 Å². The molecule has 0 aromatic heterocycles. The van der Waals surface area contributed by atoms with Gasteiger partial charge in [-0.2, -0.15) is 0 Å². The van der Waals surface area contributed by atoms with Crippen molar-refractivity contribution in [3.63, 3.8) is 0 Å². The van der Waals surface area contributed by atoms with Crippen molar-refractivity contribution >= 4 is 17.5 Å². The second-order valence-corrected chi connectivity index (χ2v) is 10.00. The van der Waals surface area contributed by atoms with Gasteiger partial charge in [-0.3, -0.25) is 9.69 Å². The topological polar surface area (TPSA) is 43.8 Å². The van der Waals surface area contributed by atoms with Gasteiger partial charge < -0.3 is 10.0 Å². The van der Waals surface area contributed by atoms with Crippen LogP contribution in [0.2, 0.25) is 5.02 Å². The molecule has 5 heteroatoms. The molecule has 5 rings (SSSR count). The van der Waals surface area contributed by atoms with Gasteiger partial charge in [0.25, 0.3) is 0 Å². The molecule has 2 saturated heterocycles. The predicted molar refractivity (Wildman–Crippen MR) is 123 cm³/mol. The summed E-state index contributed by atoms with van der Waals surface area (Å²) in [4.78, 5) is 18.1. The molecule has 0 unspecified atom stereocenters. The van der Waals surface area contributed by atoms with Crippen LogP contribution in [0.4, 0.5) is 0 Å². The van der Waals surface area contributed by atoms with Crippen LogP contribution in [-0.2, 0) is 11.3 Å². The average molecular weight is 439 g/mol. The van der Waals surface area contributed by atoms with Crippen LogP contribution in [0.5, 0.6) is 0 Å². The fraction of sp³-hybridized carbons (Fsp3) is 0.500. The molecule has 1 N–H and O–H groups in total. The number of aliphatic hydroxyl groups is 1. The molecule has 1 aliphatic carbocycles. The van der Waals surface area contributed by atoms with Gasteiger partial charge in [-0.1, -0.05) is 73.3 Å². The standard InChI is InChI=1S/C26H31ClN2O2/c27-22-13-7-8-19(14-22)15-28-17-26(18-28)24(20-9-3-1-4-10-20)23(16-30)29(26)25(31)21-11-5-2-6-12-21/h1,3-4,7-10,13-14,21,23-24,30H,2,5-6,11-12,15-18H2/t23-,24-/m1/s1. The van der Waals surface area contributed by atoms with Crippen molar-refractivity contribution in [1.82, 2.24) is 9.80 Å². The zero-order valence-electron chi connectivity index (χ0n) is 17.9. The van der Waals surface area contributed by atoms with Crippen molar-refractivity contribution in [2.45, 2.75) is 56.1 Å². The predicted octanol–water partition coefficient (Wildman–Crippen LogP) is 4.46. The largest absolute Gasteiger partial charge is 0.394 e. The van der Waals surface area contributed by atoms with Gasteiger partial charge >= 0.3 is 0 Å². The molecule has 4 nitrogen and oxygen atoms in total. The van der Waals surface area contributed by atoms with Crippen molar-refractivity contribution in [3.05, 3.63) is 70.7 Å². The van der Waals surface area contributed by atoms with Gasteiger partial charge in [0.15, 0.2) is 0 Å². The van der Waals surface area contributed by atoms with Gasteiger partial charge in [0.05, 0.1) is 18.2 Å². The van der Waals surface area contributed by atoms with E-state index in [1.165, 1.54) is 17.5 Å². The van der Waals surface area contributed by atoms with E-state index in [2.05, 4.69) is 40.1 Å². The molecule has 3 aliphatic rings. The third-order valence-electron chi connectivity index (χ3n) is 7.60. The van der Waals surface area contributed by atoms with Crippen LogP contribution in [0.3, 0.4) is 0 Å². The summed E-state index contributed by atoms with van der Waals surface area (Å²) in [5.41, 5.74) is 2.22. The van der Waals surface area contributed by atoms with Gasteiger partial charge in [-0.15, -0.1) is 0 Å². The quantitative estimate of drug-likeness (QED) is 0.749. The van der Waals surface area contributed by atoms with Crippen LogP contribution in [0.25, 0.3) is 0 Å². The molecular formula is C26H31ClN2O2. The van der Waals surface area contributed by atoms with E-state index < -0.39 is 0 Å². The molecule has 2 heterocycles. The van der Waals surface area contributed by atoms with Gasteiger partial charge in [0.2, 0.25) is 5.91 Å². The maximum Gasteiger partial charge on any atom is 0.226 e. The normalized spacial score (nSPS) is 25.8.